The van der Waals surface area contributed by atoms with Crippen LogP contribution in [0.1, 0.15) is 19.2 Å². The molecule has 27 heavy (non-hydrogen) atoms. The average molecular weight is 364 g/mol. The third-order valence-electron chi connectivity index (χ3n) is 4.72. The third-order valence-corrected chi connectivity index (χ3v) is 4.72. The lowest BCUT2D eigenvalue weighted by Gasteiger charge is -2.11. The third kappa shape index (κ3) is 2.87. The fourth-order valence-corrected chi connectivity index (χ4v) is 3.56. The van der Waals surface area contributed by atoms with Crippen molar-refractivity contribution in [3.05, 3.63) is 53.9 Å². The van der Waals surface area contributed by atoms with Crippen molar-refractivity contribution in [2.45, 2.75) is 26.3 Å². The van der Waals surface area contributed by atoms with E-state index in [9.17, 15) is 8.78 Å². The topological polar surface area (TPSA) is 42.5 Å². The summed E-state index contributed by atoms with van der Waals surface area (Å²) in [5.74, 6) is -0.400. The Morgan fingerprint density at radius 2 is 1.93 bits per heavy atom. The Morgan fingerprint density at radius 1 is 1.15 bits per heavy atom. The van der Waals surface area contributed by atoms with Crippen molar-refractivity contribution in [2.75, 3.05) is 0 Å². The molecule has 0 amide bonds. The van der Waals surface area contributed by atoms with Gasteiger partial charge in [-0.2, -0.15) is 0 Å². The molecule has 0 saturated carbocycles. The van der Waals surface area contributed by atoms with E-state index in [1.807, 2.05) is 23.6 Å². The molecule has 0 aliphatic carbocycles. The first-order valence-corrected chi connectivity index (χ1v) is 8.77. The van der Waals surface area contributed by atoms with E-state index in [0.29, 0.717) is 22.8 Å². The predicted molar refractivity (Wildman–Crippen MR) is 104 cm³/mol. The first-order valence-electron chi connectivity index (χ1n) is 8.77. The lowest BCUT2D eigenvalue weighted by Crippen LogP contribution is -1.98. The highest BCUT2D eigenvalue weighted by Gasteiger charge is 2.26. The van der Waals surface area contributed by atoms with Gasteiger partial charge < -0.3 is 4.57 Å². The number of hydrogen-bond donors (Lipinski definition) is 0. The maximum absolute atomic E-state index is 14.5. The lowest BCUT2D eigenvalue weighted by molar-refractivity contribution is 0.588. The molecule has 0 radical (unpaired) electrons. The summed E-state index contributed by atoms with van der Waals surface area (Å²) in [6.07, 6.45) is 3.42. The van der Waals surface area contributed by atoms with E-state index in [1.54, 1.807) is 12.3 Å². The summed E-state index contributed by atoms with van der Waals surface area (Å²) in [6.45, 7) is 6.15. The van der Waals surface area contributed by atoms with Crippen LogP contribution in [0.2, 0.25) is 0 Å². The van der Waals surface area contributed by atoms with Crippen LogP contribution in [0.5, 0.6) is 0 Å². The highest BCUT2D eigenvalue weighted by molar-refractivity contribution is 5.84. The molecule has 136 valence electrons. The van der Waals surface area contributed by atoms with E-state index >= 15 is 0 Å². The second-order valence-corrected chi connectivity index (χ2v) is 6.33. The smallest absolute Gasteiger partial charge is 0.135 e. The van der Waals surface area contributed by atoms with Gasteiger partial charge in [0.25, 0.3) is 0 Å². The van der Waals surface area contributed by atoms with Crippen LogP contribution < -0.4 is 0 Å². The summed E-state index contributed by atoms with van der Waals surface area (Å²) in [6, 6.07) is 9.39. The van der Waals surface area contributed by atoms with Gasteiger partial charge in [0.1, 0.15) is 23.2 Å². The van der Waals surface area contributed by atoms with Gasteiger partial charge >= 0.3 is 0 Å². The minimum atomic E-state index is -0.621. The maximum Gasteiger partial charge on any atom is 0.135 e. The van der Waals surface area contributed by atoms with Crippen LogP contribution in [0.25, 0.3) is 22.5 Å². The van der Waals surface area contributed by atoms with Gasteiger partial charge in [0, 0.05) is 24.7 Å². The molecular formula is C21H18F2N4. The second-order valence-electron chi connectivity index (χ2n) is 6.33. The first-order chi connectivity index (χ1) is 13.1. The van der Waals surface area contributed by atoms with Crippen molar-refractivity contribution < 1.29 is 8.78 Å². The summed E-state index contributed by atoms with van der Waals surface area (Å²) in [5, 5.41) is 0. The number of hydrogen-bond acceptors (Lipinski definition) is 3. The molecule has 0 unspecified atom stereocenters. The molecule has 2 heterocycles. The fraction of sp³-hybridized carbons (Fsp3) is 0.190. The molecule has 1 aliphatic heterocycles. The van der Waals surface area contributed by atoms with Gasteiger partial charge in [-0.05, 0) is 44.3 Å². The van der Waals surface area contributed by atoms with Crippen molar-refractivity contribution in [3.63, 3.8) is 0 Å². The molecule has 4 nitrogen and oxygen atoms in total. The Hall–Kier alpha value is -3.15. The van der Waals surface area contributed by atoms with Crippen LogP contribution in [0, 0.1) is 11.6 Å². The van der Waals surface area contributed by atoms with E-state index in [0.717, 1.165) is 30.8 Å². The Labute approximate surface area is 155 Å². The van der Waals surface area contributed by atoms with E-state index < -0.39 is 11.6 Å². The zero-order valence-electron chi connectivity index (χ0n) is 14.9. The maximum atomic E-state index is 14.5. The number of nitrogens with zero attached hydrogens (tertiary/aromatic N) is 4. The molecule has 4 rings (SSSR count). The SMILES string of the molecule is C=Nc1ccc(-c2c(-c3c(F)cccc3F)nc3n2CCC3)cc1/N=C\C. The minimum Gasteiger partial charge on any atom is -0.327 e. The zero-order valence-corrected chi connectivity index (χ0v) is 14.9. The molecule has 0 N–H and O–H groups in total. The van der Waals surface area contributed by atoms with Gasteiger partial charge in [0.15, 0.2) is 0 Å². The quantitative estimate of drug-likeness (QED) is 0.564. The highest BCUT2D eigenvalue weighted by atomic mass is 19.1. The fourth-order valence-electron chi connectivity index (χ4n) is 3.56. The van der Waals surface area contributed by atoms with Gasteiger partial charge in [-0.3, -0.25) is 9.98 Å². The van der Waals surface area contributed by atoms with E-state index in [-0.39, 0.29) is 5.56 Å². The van der Waals surface area contributed by atoms with Crippen molar-refractivity contribution in [1.29, 1.82) is 0 Å². The van der Waals surface area contributed by atoms with E-state index in [2.05, 4.69) is 21.7 Å². The van der Waals surface area contributed by atoms with Gasteiger partial charge in [-0.25, -0.2) is 13.8 Å². The molecule has 0 spiro atoms. The van der Waals surface area contributed by atoms with Gasteiger partial charge in [-0.1, -0.05) is 12.1 Å². The summed E-state index contributed by atoms with van der Waals surface area (Å²) in [4.78, 5) is 12.9. The summed E-state index contributed by atoms with van der Waals surface area (Å²) in [7, 11) is 0. The predicted octanol–water partition coefficient (Wildman–Crippen LogP) is 5.50. The number of aryl methyl sites for hydroxylation is 1. The lowest BCUT2D eigenvalue weighted by atomic mass is 10.0. The monoisotopic (exact) mass is 364 g/mol. The Balaban J connectivity index is 1.99. The number of aromatic nitrogens is 2. The molecular weight excluding hydrogens is 346 g/mol. The summed E-state index contributed by atoms with van der Waals surface area (Å²) < 4.78 is 31.0. The van der Waals surface area contributed by atoms with Crippen LogP contribution in [-0.2, 0) is 13.0 Å². The molecule has 0 bridgehead atoms. The Morgan fingerprint density at radius 3 is 2.63 bits per heavy atom. The highest BCUT2D eigenvalue weighted by Crippen LogP contribution is 2.40. The van der Waals surface area contributed by atoms with E-state index in [1.165, 1.54) is 18.2 Å². The van der Waals surface area contributed by atoms with Crippen LogP contribution >= 0.6 is 0 Å². The Bertz CT molecular complexity index is 1050. The zero-order chi connectivity index (χ0) is 19.0. The molecule has 3 aromatic rings. The largest absolute Gasteiger partial charge is 0.327 e. The Kier molecular flexibility index (Phi) is 4.39. The number of fused-ring (bicyclic) bond motifs is 1. The van der Waals surface area contributed by atoms with Gasteiger partial charge in [0.05, 0.1) is 22.6 Å². The first kappa shape index (κ1) is 17.3. The van der Waals surface area contributed by atoms with Gasteiger partial charge in [0.2, 0.25) is 0 Å². The van der Waals surface area contributed by atoms with Crippen LogP contribution in [-0.4, -0.2) is 22.5 Å². The standard InChI is InChI=1S/C21H18F2N4/c1-3-25-17-12-13(9-10-16(17)24-2)21-20(26-18-8-5-11-27(18)21)19-14(22)6-4-7-15(19)23/h3-4,6-7,9-10,12H,2,5,8,11H2,1H3/b25-3-. The number of aliphatic imine (C=N–C) groups is 2. The molecule has 6 heteroatoms. The molecule has 1 aromatic heterocycles. The van der Waals surface area contributed by atoms with E-state index in [4.69, 9.17) is 0 Å². The summed E-state index contributed by atoms with van der Waals surface area (Å²) in [5.41, 5.74) is 3.03. The molecule has 1 aliphatic rings. The van der Waals surface area contributed by atoms with Gasteiger partial charge in [-0.15, -0.1) is 0 Å². The number of rotatable bonds is 4. The number of imidazole rings is 1. The second kappa shape index (κ2) is 6.87. The molecule has 0 atom stereocenters. The minimum absolute atomic E-state index is 0.0964. The normalized spacial score (nSPS) is 13.3. The van der Waals surface area contributed by atoms with Crippen molar-refractivity contribution in [2.24, 2.45) is 9.98 Å². The van der Waals surface area contributed by atoms with Crippen molar-refractivity contribution in [3.8, 4) is 22.5 Å². The average Bonchev–Trinajstić information content (AvgIpc) is 3.23. The number of halogens is 2. The molecule has 2 aromatic carbocycles. The number of benzene rings is 2. The van der Waals surface area contributed by atoms with Crippen molar-refractivity contribution in [1.82, 2.24) is 9.55 Å². The molecule has 0 fully saturated rings. The summed E-state index contributed by atoms with van der Waals surface area (Å²) >= 11 is 0. The van der Waals surface area contributed by atoms with Crippen LogP contribution in [0.4, 0.5) is 20.2 Å². The van der Waals surface area contributed by atoms with Crippen LogP contribution in [0.15, 0.2) is 46.4 Å². The van der Waals surface area contributed by atoms with Crippen molar-refractivity contribution >= 4 is 24.3 Å². The molecule has 0 saturated heterocycles. The van der Waals surface area contributed by atoms with Crippen LogP contribution in [0.3, 0.4) is 0 Å².